The lowest BCUT2D eigenvalue weighted by molar-refractivity contribution is -0.109. The molecule has 132 valence electrons. The van der Waals surface area contributed by atoms with E-state index in [-0.39, 0.29) is 0 Å². The second-order valence-corrected chi connectivity index (χ2v) is 8.18. The van der Waals surface area contributed by atoms with Gasteiger partial charge in [-0.1, -0.05) is 109 Å². The minimum atomic E-state index is 0.305. The standard InChI is InChI=1S/C20H40OS/c1-4-6-8-10-12-14-16-18-20(22-19(3)21)17-15-13-11-9-7-5-2/h20H,4-18H2,1-3H3. The Labute approximate surface area is 144 Å². The second kappa shape index (κ2) is 17.4. The quantitative estimate of drug-likeness (QED) is 0.272. The first-order valence-electron chi connectivity index (χ1n) is 9.87. The predicted octanol–water partition coefficient (Wildman–Crippen LogP) is 7.53. The van der Waals surface area contributed by atoms with Crippen molar-refractivity contribution in [2.45, 2.75) is 122 Å². The largest absolute Gasteiger partial charge is 0.288 e. The topological polar surface area (TPSA) is 17.1 Å². The monoisotopic (exact) mass is 328 g/mol. The first-order chi connectivity index (χ1) is 10.7. The third-order valence-corrected chi connectivity index (χ3v) is 5.48. The average Bonchev–Trinajstić information content (AvgIpc) is 2.49. The van der Waals surface area contributed by atoms with E-state index >= 15 is 0 Å². The molecule has 0 saturated carbocycles. The van der Waals surface area contributed by atoms with Gasteiger partial charge in [0, 0.05) is 12.2 Å². The number of rotatable bonds is 16. The summed E-state index contributed by atoms with van der Waals surface area (Å²) < 4.78 is 0. The van der Waals surface area contributed by atoms with Gasteiger partial charge in [-0.15, -0.1) is 0 Å². The van der Waals surface area contributed by atoms with Gasteiger partial charge in [0.1, 0.15) is 0 Å². The summed E-state index contributed by atoms with van der Waals surface area (Å²) in [6.07, 6.45) is 20.2. The van der Waals surface area contributed by atoms with E-state index in [0.717, 1.165) is 0 Å². The Hall–Kier alpha value is 0.0200. The minimum Gasteiger partial charge on any atom is -0.288 e. The van der Waals surface area contributed by atoms with Gasteiger partial charge >= 0.3 is 0 Å². The van der Waals surface area contributed by atoms with Crippen LogP contribution in [0, 0.1) is 0 Å². The normalized spacial score (nSPS) is 12.5. The van der Waals surface area contributed by atoms with E-state index in [0.29, 0.717) is 10.4 Å². The number of hydrogen-bond acceptors (Lipinski definition) is 2. The molecule has 0 fully saturated rings. The summed E-state index contributed by atoms with van der Waals surface area (Å²) in [6.45, 7) is 6.26. The highest BCUT2D eigenvalue weighted by atomic mass is 32.2. The van der Waals surface area contributed by atoms with E-state index in [1.807, 2.05) is 0 Å². The number of thioether (sulfide) groups is 1. The highest BCUT2D eigenvalue weighted by Crippen LogP contribution is 2.25. The third-order valence-electron chi connectivity index (χ3n) is 4.34. The molecule has 0 aromatic rings. The van der Waals surface area contributed by atoms with E-state index in [1.54, 1.807) is 18.7 Å². The van der Waals surface area contributed by atoms with Crippen LogP contribution in [0.15, 0.2) is 0 Å². The summed E-state index contributed by atoms with van der Waals surface area (Å²) in [7, 11) is 0. The lowest BCUT2D eigenvalue weighted by Crippen LogP contribution is -2.05. The van der Waals surface area contributed by atoms with Gasteiger partial charge in [-0.2, -0.15) is 0 Å². The van der Waals surface area contributed by atoms with Crippen molar-refractivity contribution in [2.24, 2.45) is 0 Å². The Kier molecular flexibility index (Phi) is 17.4. The number of carbonyl (C=O) groups is 1. The van der Waals surface area contributed by atoms with Crippen LogP contribution < -0.4 is 0 Å². The van der Waals surface area contributed by atoms with Crippen LogP contribution in [0.25, 0.3) is 0 Å². The van der Waals surface area contributed by atoms with Crippen LogP contribution in [-0.2, 0) is 4.79 Å². The molecular formula is C20H40OS. The molecule has 0 aliphatic carbocycles. The molecule has 0 aliphatic heterocycles. The SMILES string of the molecule is CCCCCCCCCC(CCCCCCCC)SC(C)=O. The van der Waals surface area contributed by atoms with Crippen molar-refractivity contribution in [2.75, 3.05) is 0 Å². The molecule has 0 aliphatic rings. The molecule has 0 N–H and O–H groups in total. The lowest BCUT2D eigenvalue weighted by Gasteiger charge is -2.14. The molecule has 0 radical (unpaired) electrons. The van der Waals surface area contributed by atoms with Crippen LogP contribution in [0.4, 0.5) is 0 Å². The number of hydrogen-bond donors (Lipinski definition) is 0. The zero-order valence-electron chi connectivity index (χ0n) is 15.5. The van der Waals surface area contributed by atoms with Gasteiger partial charge in [0.15, 0.2) is 5.12 Å². The molecule has 0 amide bonds. The third kappa shape index (κ3) is 16.4. The van der Waals surface area contributed by atoms with Gasteiger partial charge in [0.25, 0.3) is 0 Å². The summed E-state index contributed by atoms with van der Waals surface area (Å²) in [5, 5.41) is 0.887. The molecule has 22 heavy (non-hydrogen) atoms. The van der Waals surface area contributed by atoms with Gasteiger partial charge in [0.05, 0.1) is 0 Å². The van der Waals surface area contributed by atoms with Gasteiger partial charge in [-0.05, 0) is 12.8 Å². The van der Waals surface area contributed by atoms with Crippen LogP contribution in [0.5, 0.6) is 0 Å². The van der Waals surface area contributed by atoms with E-state index in [2.05, 4.69) is 13.8 Å². The highest BCUT2D eigenvalue weighted by molar-refractivity contribution is 8.14. The van der Waals surface area contributed by atoms with Crippen molar-refractivity contribution in [3.63, 3.8) is 0 Å². The maximum absolute atomic E-state index is 11.4. The molecule has 0 spiro atoms. The molecule has 0 aromatic carbocycles. The molecule has 0 saturated heterocycles. The van der Waals surface area contributed by atoms with Crippen LogP contribution in [0.2, 0.25) is 0 Å². The Morgan fingerprint density at radius 3 is 1.41 bits per heavy atom. The number of unbranched alkanes of at least 4 members (excludes halogenated alkanes) is 11. The van der Waals surface area contributed by atoms with Crippen LogP contribution in [0.1, 0.15) is 117 Å². The van der Waals surface area contributed by atoms with Crippen molar-refractivity contribution in [1.29, 1.82) is 0 Å². The molecule has 1 unspecified atom stereocenters. The Morgan fingerprint density at radius 1 is 0.682 bits per heavy atom. The maximum Gasteiger partial charge on any atom is 0.186 e. The lowest BCUT2D eigenvalue weighted by atomic mass is 10.0. The first kappa shape index (κ1) is 22.0. The highest BCUT2D eigenvalue weighted by Gasteiger charge is 2.11. The number of carbonyl (C=O) groups excluding carboxylic acids is 1. The Balaban J connectivity index is 3.63. The molecular weight excluding hydrogens is 288 g/mol. The van der Waals surface area contributed by atoms with Gasteiger partial charge < -0.3 is 0 Å². The van der Waals surface area contributed by atoms with E-state index in [4.69, 9.17) is 0 Å². The molecule has 1 nitrogen and oxygen atoms in total. The van der Waals surface area contributed by atoms with Crippen molar-refractivity contribution in [3.05, 3.63) is 0 Å². The Bertz CT molecular complexity index is 240. The summed E-state index contributed by atoms with van der Waals surface area (Å²) in [5.41, 5.74) is 0. The second-order valence-electron chi connectivity index (χ2n) is 6.70. The van der Waals surface area contributed by atoms with Crippen LogP contribution in [-0.4, -0.2) is 10.4 Å². The zero-order chi connectivity index (χ0) is 16.5. The smallest absolute Gasteiger partial charge is 0.186 e. The molecule has 0 heterocycles. The van der Waals surface area contributed by atoms with Crippen molar-refractivity contribution in [3.8, 4) is 0 Å². The fourth-order valence-electron chi connectivity index (χ4n) is 2.98. The fourth-order valence-corrected chi connectivity index (χ4v) is 4.02. The molecule has 0 aromatic heterocycles. The van der Waals surface area contributed by atoms with Gasteiger partial charge in [-0.25, -0.2) is 0 Å². The molecule has 2 heteroatoms. The maximum atomic E-state index is 11.4. The van der Waals surface area contributed by atoms with Crippen molar-refractivity contribution in [1.82, 2.24) is 0 Å². The molecule has 1 atom stereocenters. The summed E-state index contributed by atoms with van der Waals surface area (Å²) in [4.78, 5) is 11.4. The van der Waals surface area contributed by atoms with E-state index < -0.39 is 0 Å². The minimum absolute atomic E-state index is 0.305. The summed E-state index contributed by atoms with van der Waals surface area (Å²) in [5.74, 6) is 0. The zero-order valence-corrected chi connectivity index (χ0v) is 16.3. The summed E-state index contributed by atoms with van der Waals surface area (Å²) in [6, 6.07) is 0. The van der Waals surface area contributed by atoms with Gasteiger partial charge in [0.2, 0.25) is 0 Å². The van der Waals surface area contributed by atoms with E-state index in [9.17, 15) is 4.79 Å². The Morgan fingerprint density at radius 2 is 1.05 bits per heavy atom. The van der Waals surface area contributed by atoms with Crippen molar-refractivity contribution >= 4 is 16.9 Å². The molecule has 0 rings (SSSR count). The predicted molar refractivity (Wildman–Crippen MR) is 103 cm³/mol. The summed E-state index contributed by atoms with van der Waals surface area (Å²) >= 11 is 1.60. The fraction of sp³-hybridized carbons (Fsp3) is 0.950. The average molecular weight is 329 g/mol. The van der Waals surface area contributed by atoms with E-state index in [1.165, 1.54) is 96.3 Å². The van der Waals surface area contributed by atoms with Crippen molar-refractivity contribution < 1.29 is 4.79 Å². The van der Waals surface area contributed by atoms with Gasteiger partial charge in [-0.3, -0.25) is 4.79 Å². The van der Waals surface area contributed by atoms with Crippen LogP contribution in [0.3, 0.4) is 0 Å². The van der Waals surface area contributed by atoms with Crippen LogP contribution >= 0.6 is 11.8 Å². The molecule has 0 bridgehead atoms. The first-order valence-corrected chi connectivity index (χ1v) is 10.8.